The SMILES string of the molecule is COc1ccc(C)cc1S(=O)(=O)N(CC(=O)Nc1cccc(C)c1C)Cc1ccccc1. The van der Waals surface area contributed by atoms with Crippen molar-refractivity contribution in [2.24, 2.45) is 0 Å². The second-order valence-electron chi connectivity index (χ2n) is 7.71. The minimum absolute atomic E-state index is 0.0375. The van der Waals surface area contributed by atoms with E-state index in [1.807, 2.05) is 63.2 Å². The maximum Gasteiger partial charge on any atom is 0.247 e. The largest absolute Gasteiger partial charge is 0.495 e. The van der Waals surface area contributed by atoms with Crippen LogP contribution in [0, 0.1) is 20.8 Å². The molecule has 3 rings (SSSR count). The number of rotatable bonds is 8. The van der Waals surface area contributed by atoms with E-state index >= 15 is 0 Å². The van der Waals surface area contributed by atoms with Gasteiger partial charge in [-0.15, -0.1) is 0 Å². The van der Waals surface area contributed by atoms with Gasteiger partial charge in [-0.05, 0) is 61.2 Å². The van der Waals surface area contributed by atoms with Crippen LogP contribution in [0.1, 0.15) is 22.3 Å². The summed E-state index contributed by atoms with van der Waals surface area (Å²) in [7, 11) is -2.59. The van der Waals surface area contributed by atoms with E-state index in [0.717, 1.165) is 22.3 Å². The number of sulfonamides is 1. The van der Waals surface area contributed by atoms with E-state index < -0.39 is 15.9 Å². The summed E-state index contributed by atoms with van der Waals surface area (Å²) in [6.45, 7) is 5.41. The molecular weight excluding hydrogens is 424 g/mol. The van der Waals surface area contributed by atoms with Crippen LogP contribution in [0.5, 0.6) is 5.75 Å². The van der Waals surface area contributed by atoms with Gasteiger partial charge in [0.25, 0.3) is 0 Å². The molecule has 0 radical (unpaired) electrons. The van der Waals surface area contributed by atoms with Crippen molar-refractivity contribution in [1.82, 2.24) is 4.31 Å². The van der Waals surface area contributed by atoms with Crippen molar-refractivity contribution >= 4 is 21.6 Å². The lowest BCUT2D eigenvalue weighted by atomic mass is 10.1. The zero-order valence-electron chi connectivity index (χ0n) is 18.8. The molecule has 0 aliphatic carbocycles. The van der Waals surface area contributed by atoms with Crippen LogP contribution in [0.4, 0.5) is 5.69 Å². The van der Waals surface area contributed by atoms with Crippen LogP contribution in [0.2, 0.25) is 0 Å². The van der Waals surface area contributed by atoms with Crippen molar-refractivity contribution in [3.05, 3.63) is 89.0 Å². The predicted octanol–water partition coefficient (Wildman–Crippen LogP) is 4.45. The van der Waals surface area contributed by atoms with Gasteiger partial charge in [0, 0.05) is 12.2 Å². The first-order valence-corrected chi connectivity index (χ1v) is 11.7. The molecule has 3 aromatic rings. The molecule has 0 saturated heterocycles. The fraction of sp³-hybridized carbons (Fsp3) is 0.240. The quantitative estimate of drug-likeness (QED) is 0.548. The summed E-state index contributed by atoms with van der Waals surface area (Å²) in [5, 5.41) is 2.85. The molecule has 0 bridgehead atoms. The molecular formula is C25H28N2O4S. The number of nitrogens with one attached hydrogen (secondary N) is 1. The van der Waals surface area contributed by atoms with Crippen LogP contribution < -0.4 is 10.1 Å². The fourth-order valence-corrected chi connectivity index (χ4v) is 5.00. The molecule has 6 nitrogen and oxygen atoms in total. The lowest BCUT2D eigenvalue weighted by molar-refractivity contribution is -0.116. The van der Waals surface area contributed by atoms with Crippen LogP contribution >= 0.6 is 0 Å². The molecule has 0 unspecified atom stereocenters. The Morgan fingerprint density at radius 2 is 1.69 bits per heavy atom. The summed E-state index contributed by atoms with van der Waals surface area (Å²) in [5.74, 6) is -0.173. The highest BCUT2D eigenvalue weighted by Crippen LogP contribution is 2.29. The van der Waals surface area contributed by atoms with E-state index in [0.29, 0.717) is 5.69 Å². The molecule has 0 aliphatic heterocycles. The number of ether oxygens (including phenoxy) is 1. The van der Waals surface area contributed by atoms with E-state index in [-0.39, 0.29) is 23.7 Å². The first-order chi connectivity index (χ1) is 15.2. The molecule has 0 atom stereocenters. The Balaban J connectivity index is 1.96. The van der Waals surface area contributed by atoms with Crippen LogP contribution in [0.3, 0.4) is 0 Å². The lowest BCUT2D eigenvalue weighted by Gasteiger charge is -2.23. The second-order valence-corrected chi connectivity index (χ2v) is 9.62. The zero-order valence-corrected chi connectivity index (χ0v) is 19.6. The van der Waals surface area contributed by atoms with Crippen LogP contribution in [-0.2, 0) is 21.4 Å². The number of aryl methyl sites for hydroxylation is 2. The molecule has 0 aromatic heterocycles. The number of anilines is 1. The number of methoxy groups -OCH3 is 1. The van der Waals surface area contributed by atoms with E-state index in [1.54, 1.807) is 24.3 Å². The number of carbonyl (C=O) groups excluding carboxylic acids is 1. The highest BCUT2D eigenvalue weighted by molar-refractivity contribution is 7.89. The van der Waals surface area contributed by atoms with E-state index in [4.69, 9.17) is 4.74 Å². The van der Waals surface area contributed by atoms with Gasteiger partial charge in [0.1, 0.15) is 10.6 Å². The van der Waals surface area contributed by atoms with Gasteiger partial charge in [-0.25, -0.2) is 8.42 Å². The Hall–Kier alpha value is -3.16. The number of amides is 1. The molecule has 7 heteroatoms. The van der Waals surface area contributed by atoms with Crippen molar-refractivity contribution in [3.8, 4) is 5.75 Å². The van der Waals surface area contributed by atoms with Crippen LogP contribution in [0.15, 0.2) is 71.6 Å². The number of nitrogens with zero attached hydrogens (tertiary/aromatic N) is 1. The molecule has 32 heavy (non-hydrogen) atoms. The van der Waals surface area contributed by atoms with Gasteiger partial charge in [0.15, 0.2) is 0 Å². The smallest absolute Gasteiger partial charge is 0.247 e. The summed E-state index contributed by atoms with van der Waals surface area (Å²) in [4.78, 5) is 13.0. The Labute approximate surface area is 189 Å². The molecule has 3 aromatic carbocycles. The Morgan fingerprint density at radius 3 is 2.38 bits per heavy atom. The number of hydrogen-bond donors (Lipinski definition) is 1. The van der Waals surface area contributed by atoms with Gasteiger partial charge in [-0.1, -0.05) is 48.5 Å². The van der Waals surface area contributed by atoms with Gasteiger partial charge in [-0.2, -0.15) is 4.31 Å². The Bertz CT molecular complexity index is 1210. The third-order valence-corrected chi connectivity index (χ3v) is 7.15. The van der Waals surface area contributed by atoms with Gasteiger partial charge >= 0.3 is 0 Å². The second kappa shape index (κ2) is 9.97. The topological polar surface area (TPSA) is 75.7 Å². The van der Waals surface area contributed by atoms with Gasteiger partial charge in [0.2, 0.25) is 15.9 Å². The highest BCUT2D eigenvalue weighted by Gasteiger charge is 2.30. The summed E-state index contributed by atoms with van der Waals surface area (Å²) in [6.07, 6.45) is 0. The third kappa shape index (κ3) is 5.36. The highest BCUT2D eigenvalue weighted by atomic mass is 32.2. The summed E-state index contributed by atoms with van der Waals surface area (Å²) < 4.78 is 33.8. The number of carbonyl (C=O) groups is 1. The molecule has 0 heterocycles. The predicted molar refractivity (Wildman–Crippen MR) is 126 cm³/mol. The average molecular weight is 453 g/mol. The van der Waals surface area contributed by atoms with Crippen molar-refractivity contribution in [2.45, 2.75) is 32.2 Å². The average Bonchev–Trinajstić information content (AvgIpc) is 2.77. The first kappa shape index (κ1) is 23.5. The summed E-state index contributed by atoms with van der Waals surface area (Å²) >= 11 is 0. The summed E-state index contributed by atoms with van der Waals surface area (Å²) in [6, 6.07) is 19.8. The monoisotopic (exact) mass is 452 g/mol. The van der Waals surface area contributed by atoms with Gasteiger partial charge < -0.3 is 10.1 Å². The van der Waals surface area contributed by atoms with Crippen molar-refractivity contribution in [1.29, 1.82) is 0 Å². The number of benzene rings is 3. The maximum absolute atomic E-state index is 13.6. The standard InChI is InChI=1S/C25H28N2O4S/c1-18-13-14-23(31-4)24(15-18)32(29,30)27(16-21-10-6-5-7-11-21)17-25(28)26-22-12-8-9-19(2)20(22)3/h5-15H,16-17H2,1-4H3,(H,26,28). The van der Waals surface area contributed by atoms with Crippen molar-refractivity contribution in [2.75, 3.05) is 19.0 Å². The van der Waals surface area contributed by atoms with E-state index in [2.05, 4.69) is 5.32 Å². The Kier molecular flexibility index (Phi) is 7.33. The lowest BCUT2D eigenvalue weighted by Crippen LogP contribution is -2.37. The molecule has 1 amide bonds. The van der Waals surface area contributed by atoms with Crippen molar-refractivity contribution < 1.29 is 17.9 Å². The normalized spacial score (nSPS) is 11.4. The Morgan fingerprint density at radius 1 is 0.969 bits per heavy atom. The van der Waals surface area contributed by atoms with E-state index in [1.165, 1.54) is 11.4 Å². The van der Waals surface area contributed by atoms with Crippen molar-refractivity contribution in [3.63, 3.8) is 0 Å². The summed E-state index contributed by atoms with van der Waals surface area (Å²) in [5.41, 5.74) is 4.21. The first-order valence-electron chi connectivity index (χ1n) is 10.3. The molecule has 168 valence electrons. The van der Waals surface area contributed by atoms with Crippen LogP contribution in [-0.4, -0.2) is 32.3 Å². The van der Waals surface area contributed by atoms with Crippen LogP contribution in [0.25, 0.3) is 0 Å². The molecule has 1 N–H and O–H groups in total. The zero-order chi connectivity index (χ0) is 23.3. The molecule has 0 aliphatic rings. The minimum Gasteiger partial charge on any atom is -0.495 e. The minimum atomic E-state index is -4.02. The maximum atomic E-state index is 13.6. The number of hydrogen-bond acceptors (Lipinski definition) is 4. The molecule has 0 saturated carbocycles. The third-order valence-electron chi connectivity index (χ3n) is 5.34. The molecule has 0 fully saturated rings. The molecule has 0 spiro atoms. The van der Waals surface area contributed by atoms with E-state index in [9.17, 15) is 13.2 Å². The van der Waals surface area contributed by atoms with Gasteiger partial charge in [0.05, 0.1) is 13.7 Å². The fourth-order valence-electron chi connectivity index (χ4n) is 3.37. The van der Waals surface area contributed by atoms with Gasteiger partial charge in [-0.3, -0.25) is 4.79 Å².